The number of furan rings is 1. The lowest BCUT2D eigenvalue weighted by molar-refractivity contribution is 0.660. The number of hydrogen-bond donors (Lipinski definition) is 0. The van der Waals surface area contributed by atoms with Crippen molar-refractivity contribution >= 4 is 60.5 Å². The first-order chi connectivity index (χ1) is 27.0. The summed E-state index contributed by atoms with van der Waals surface area (Å²) in [5.41, 5.74) is 14.9. The van der Waals surface area contributed by atoms with Crippen LogP contribution >= 0.6 is 0 Å². The van der Waals surface area contributed by atoms with Gasteiger partial charge in [-0.05, 0) is 109 Å². The monoisotopic (exact) mass is 703 g/mol. The minimum absolute atomic E-state index is 0.116. The van der Waals surface area contributed by atoms with Crippen LogP contribution in [0.2, 0.25) is 0 Å². The van der Waals surface area contributed by atoms with Gasteiger partial charge in [0.15, 0.2) is 0 Å². The predicted octanol–water partition coefficient (Wildman–Crippen LogP) is 15.0. The third-order valence-electron chi connectivity index (χ3n) is 11.8. The van der Waals surface area contributed by atoms with Crippen molar-refractivity contribution in [3.63, 3.8) is 0 Å². The van der Waals surface area contributed by atoms with E-state index in [4.69, 9.17) is 4.42 Å². The second-order valence-electron chi connectivity index (χ2n) is 15.3. The molecular weight excluding hydrogens is 667 g/mol. The van der Waals surface area contributed by atoms with Crippen molar-refractivity contribution < 1.29 is 4.42 Å². The van der Waals surface area contributed by atoms with Gasteiger partial charge >= 0.3 is 0 Å². The highest BCUT2D eigenvalue weighted by molar-refractivity contribution is 6.19. The molecule has 0 atom stereocenters. The number of anilines is 3. The van der Waals surface area contributed by atoms with Gasteiger partial charge in [-0.1, -0.05) is 147 Å². The van der Waals surface area contributed by atoms with Crippen LogP contribution in [0.15, 0.2) is 192 Å². The molecule has 1 aliphatic rings. The Hall–Kier alpha value is -6.90. The van der Waals surface area contributed by atoms with Crippen LogP contribution in [-0.2, 0) is 5.41 Å². The number of rotatable bonds is 5. The minimum Gasteiger partial charge on any atom is -0.455 e. The van der Waals surface area contributed by atoms with Crippen LogP contribution in [0.1, 0.15) is 25.0 Å². The average molecular weight is 704 g/mol. The molecule has 0 radical (unpaired) electrons. The second-order valence-corrected chi connectivity index (χ2v) is 15.3. The molecule has 55 heavy (non-hydrogen) atoms. The molecule has 9 aromatic carbocycles. The summed E-state index contributed by atoms with van der Waals surface area (Å²) in [4.78, 5) is 2.38. The van der Waals surface area contributed by atoms with Gasteiger partial charge in [0.1, 0.15) is 11.2 Å². The van der Waals surface area contributed by atoms with Crippen molar-refractivity contribution in [2.24, 2.45) is 0 Å². The van der Waals surface area contributed by atoms with Gasteiger partial charge in [0.2, 0.25) is 0 Å². The number of nitrogens with zero attached hydrogens (tertiary/aromatic N) is 1. The van der Waals surface area contributed by atoms with E-state index < -0.39 is 0 Å². The predicted molar refractivity (Wildman–Crippen MR) is 232 cm³/mol. The van der Waals surface area contributed by atoms with E-state index in [9.17, 15) is 0 Å². The van der Waals surface area contributed by atoms with Gasteiger partial charge in [0, 0.05) is 44.9 Å². The average Bonchev–Trinajstić information content (AvgIpc) is 3.71. The maximum Gasteiger partial charge on any atom is 0.143 e. The molecule has 11 rings (SSSR count). The number of fused-ring (bicyclic) bond motifs is 8. The van der Waals surface area contributed by atoms with E-state index in [1.165, 1.54) is 54.9 Å². The first-order valence-electron chi connectivity index (χ1n) is 19.1. The highest BCUT2D eigenvalue weighted by Crippen LogP contribution is 2.51. The molecule has 0 spiro atoms. The van der Waals surface area contributed by atoms with E-state index in [-0.39, 0.29) is 5.41 Å². The standard InChI is InChI=1S/C53H37NO/c1-53(2)48-19-11-10-18-44(48)45-28-26-41(32-49(45)53)54(40-24-22-36(23-25-40)34-12-4-3-5-13-34)42-27-29-46-47-31-38-16-8-9-17-43(38)51(52(47)55-50(46)33-42)39-21-20-35-14-6-7-15-37(35)30-39/h3-33H,1-2H3. The highest BCUT2D eigenvalue weighted by Gasteiger charge is 2.35. The van der Waals surface area contributed by atoms with E-state index >= 15 is 0 Å². The molecular formula is C53H37NO. The summed E-state index contributed by atoms with van der Waals surface area (Å²) in [6, 6.07) is 68.3. The number of benzene rings is 9. The Morgan fingerprint density at radius 2 is 1.04 bits per heavy atom. The highest BCUT2D eigenvalue weighted by atomic mass is 16.3. The third-order valence-corrected chi connectivity index (χ3v) is 11.8. The van der Waals surface area contributed by atoms with Crippen molar-refractivity contribution in [2.75, 3.05) is 4.90 Å². The molecule has 2 nitrogen and oxygen atoms in total. The zero-order valence-electron chi connectivity index (χ0n) is 30.8. The third kappa shape index (κ3) is 4.95. The maximum atomic E-state index is 7.02. The molecule has 1 aliphatic carbocycles. The molecule has 1 heterocycles. The van der Waals surface area contributed by atoms with Crippen LogP contribution in [0.3, 0.4) is 0 Å². The lowest BCUT2D eigenvalue weighted by Gasteiger charge is -2.28. The van der Waals surface area contributed by atoms with Crippen molar-refractivity contribution in [1.29, 1.82) is 0 Å². The van der Waals surface area contributed by atoms with Gasteiger partial charge in [-0.2, -0.15) is 0 Å². The first-order valence-corrected chi connectivity index (χ1v) is 19.1. The van der Waals surface area contributed by atoms with E-state index in [1.54, 1.807) is 0 Å². The molecule has 2 heteroatoms. The van der Waals surface area contributed by atoms with Crippen LogP contribution in [-0.4, -0.2) is 0 Å². The van der Waals surface area contributed by atoms with Crippen LogP contribution in [0.25, 0.3) is 76.9 Å². The molecule has 1 aromatic heterocycles. The lowest BCUT2D eigenvalue weighted by Crippen LogP contribution is -2.16. The number of hydrogen-bond acceptors (Lipinski definition) is 2. The van der Waals surface area contributed by atoms with Gasteiger partial charge in [-0.25, -0.2) is 0 Å². The Bertz CT molecular complexity index is 3110. The smallest absolute Gasteiger partial charge is 0.143 e. The minimum atomic E-state index is -0.116. The largest absolute Gasteiger partial charge is 0.455 e. The summed E-state index contributed by atoms with van der Waals surface area (Å²) in [6.45, 7) is 4.69. The molecule has 10 aromatic rings. The van der Waals surface area contributed by atoms with Crippen LogP contribution in [0.4, 0.5) is 17.1 Å². The van der Waals surface area contributed by atoms with Gasteiger partial charge in [0.25, 0.3) is 0 Å². The van der Waals surface area contributed by atoms with E-state index in [1.807, 2.05) is 0 Å². The van der Waals surface area contributed by atoms with Crippen molar-refractivity contribution in [3.8, 4) is 33.4 Å². The van der Waals surface area contributed by atoms with Crippen LogP contribution < -0.4 is 4.90 Å². The van der Waals surface area contributed by atoms with Crippen molar-refractivity contribution in [2.45, 2.75) is 19.3 Å². The second kappa shape index (κ2) is 12.1. The molecule has 0 N–H and O–H groups in total. The summed E-state index contributed by atoms with van der Waals surface area (Å²) in [5.74, 6) is 0. The van der Waals surface area contributed by atoms with E-state index in [0.717, 1.165) is 50.1 Å². The summed E-state index contributed by atoms with van der Waals surface area (Å²) in [5, 5.41) is 7.07. The van der Waals surface area contributed by atoms with Crippen LogP contribution in [0, 0.1) is 0 Å². The summed E-state index contributed by atoms with van der Waals surface area (Å²) in [7, 11) is 0. The van der Waals surface area contributed by atoms with E-state index in [2.05, 4.69) is 207 Å². The Balaban J connectivity index is 1.11. The van der Waals surface area contributed by atoms with Crippen molar-refractivity contribution in [3.05, 3.63) is 199 Å². The van der Waals surface area contributed by atoms with Gasteiger partial charge in [0.05, 0.1) is 0 Å². The fraction of sp³-hybridized carbons (Fsp3) is 0.0566. The SMILES string of the molecule is CC1(C)c2ccccc2-c2ccc(N(c3ccc(-c4ccccc4)cc3)c3ccc4c(c3)oc3c(-c5ccc6ccccc6c5)c5ccccc5cc34)cc21. The molecule has 0 unspecified atom stereocenters. The maximum absolute atomic E-state index is 7.02. The molecule has 0 saturated heterocycles. The molecule has 0 bridgehead atoms. The zero-order valence-corrected chi connectivity index (χ0v) is 30.8. The summed E-state index contributed by atoms with van der Waals surface area (Å²) >= 11 is 0. The molecule has 0 fully saturated rings. The fourth-order valence-electron chi connectivity index (χ4n) is 9.05. The fourth-order valence-corrected chi connectivity index (χ4v) is 9.05. The quantitative estimate of drug-likeness (QED) is 0.177. The molecule has 0 amide bonds. The zero-order chi connectivity index (χ0) is 36.7. The first kappa shape index (κ1) is 31.6. The van der Waals surface area contributed by atoms with Crippen molar-refractivity contribution in [1.82, 2.24) is 0 Å². The normalized spacial score (nSPS) is 13.1. The molecule has 0 saturated carbocycles. The van der Waals surface area contributed by atoms with Gasteiger partial charge < -0.3 is 9.32 Å². The molecule has 260 valence electrons. The summed E-state index contributed by atoms with van der Waals surface area (Å²) < 4.78 is 7.02. The lowest BCUT2D eigenvalue weighted by atomic mass is 9.82. The van der Waals surface area contributed by atoms with Gasteiger partial charge in [-0.3, -0.25) is 0 Å². The topological polar surface area (TPSA) is 16.4 Å². The Morgan fingerprint density at radius 1 is 0.400 bits per heavy atom. The Morgan fingerprint density at radius 3 is 1.89 bits per heavy atom. The Labute approximate surface area is 320 Å². The Kier molecular flexibility index (Phi) is 6.93. The molecule has 0 aliphatic heterocycles. The van der Waals surface area contributed by atoms with Crippen LogP contribution in [0.5, 0.6) is 0 Å². The van der Waals surface area contributed by atoms with E-state index in [0.29, 0.717) is 0 Å². The van der Waals surface area contributed by atoms with Gasteiger partial charge in [-0.15, -0.1) is 0 Å². The summed E-state index contributed by atoms with van der Waals surface area (Å²) in [6.07, 6.45) is 0.